The highest BCUT2D eigenvalue weighted by atomic mass is 32.1. The Balaban J connectivity index is 1.67. The van der Waals surface area contributed by atoms with E-state index in [0.29, 0.717) is 0 Å². The van der Waals surface area contributed by atoms with Crippen molar-refractivity contribution in [1.82, 2.24) is 20.1 Å². The van der Waals surface area contributed by atoms with Gasteiger partial charge >= 0.3 is 0 Å². The van der Waals surface area contributed by atoms with Crippen molar-refractivity contribution < 1.29 is 0 Å². The first-order valence-electron chi connectivity index (χ1n) is 6.87. The Bertz CT molecular complexity index is 540. The van der Waals surface area contributed by atoms with Gasteiger partial charge in [-0.05, 0) is 45.2 Å². The fourth-order valence-corrected chi connectivity index (χ4v) is 2.98. The van der Waals surface area contributed by atoms with Gasteiger partial charge in [-0.15, -0.1) is 11.3 Å². The molecule has 1 fully saturated rings. The average molecular weight is 276 g/mol. The molecule has 1 N–H and O–H groups in total. The highest BCUT2D eigenvalue weighted by Gasteiger charge is 2.20. The van der Waals surface area contributed by atoms with Crippen LogP contribution in [0.2, 0.25) is 0 Å². The van der Waals surface area contributed by atoms with E-state index in [1.165, 1.54) is 34.7 Å². The Hall–Kier alpha value is -1.20. The lowest BCUT2D eigenvalue weighted by Crippen LogP contribution is -2.19. The molecular weight excluding hydrogens is 256 g/mol. The number of hydrogen-bond acceptors (Lipinski definition) is 4. The van der Waals surface area contributed by atoms with E-state index in [-0.39, 0.29) is 0 Å². The summed E-state index contributed by atoms with van der Waals surface area (Å²) in [5.74, 6) is 0. The zero-order chi connectivity index (χ0) is 13.2. The number of aromatic nitrogens is 3. The van der Waals surface area contributed by atoms with Crippen LogP contribution in [0.15, 0.2) is 11.7 Å². The second-order valence-corrected chi connectivity index (χ2v) is 6.22. The monoisotopic (exact) mass is 276 g/mol. The van der Waals surface area contributed by atoms with Crippen molar-refractivity contribution >= 4 is 11.3 Å². The highest BCUT2D eigenvalue weighted by Crippen LogP contribution is 2.20. The smallest absolute Gasteiger partial charge is 0.0794 e. The first-order chi connectivity index (χ1) is 9.24. The summed E-state index contributed by atoms with van der Waals surface area (Å²) in [4.78, 5) is 5.38. The Labute approximate surface area is 117 Å². The van der Waals surface area contributed by atoms with E-state index in [2.05, 4.69) is 33.9 Å². The number of aryl methyl sites for hydroxylation is 1. The maximum absolute atomic E-state index is 4.67. The number of thiazole rings is 1. The lowest BCUT2D eigenvalue weighted by atomic mass is 10.1. The van der Waals surface area contributed by atoms with Gasteiger partial charge in [-0.1, -0.05) is 0 Å². The molecule has 1 aliphatic rings. The molecule has 1 saturated carbocycles. The van der Waals surface area contributed by atoms with Gasteiger partial charge in [-0.3, -0.25) is 9.67 Å². The van der Waals surface area contributed by atoms with Crippen molar-refractivity contribution in [2.45, 2.75) is 45.7 Å². The van der Waals surface area contributed by atoms with Gasteiger partial charge in [-0.25, -0.2) is 0 Å². The van der Waals surface area contributed by atoms with Crippen molar-refractivity contribution in [3.63, 3.8) is 0 Å². The first kappa shape index (κ1) is 12.8. The van der Waals surface area contributed by atoms with E-state index in [9.17, 15) is 0 Å². The maximum atomic E-state index is 4.67. The Morgan fingerprint density at radius 1 is 1.42 bits per heavy atom. The zero-order valence-electron chi connectivity index (χ0n) is 11.5. The molecule has 3 rings (SSSR count). The lowest BCUT2D eigenvalue weighted by molar-refractivity contribution is 0.659. The molecule has 0 aromatic carbocycles. The molecule has 0 saturated heterocycles. The number of nitrogens with one attached hydrogen (secondary N) is 1. The van der Waals surface area contributed by atoms with E-state index in [1.54, 1.807) is 11.3 Å². The van der Waals surface area contributed by atoms with Crippen LogP contribution in [-0.4, -0.2) is 27.4 Å². The van der Waals surface area contributed by atoms with Crippen molar-refractivity contribution in [2.75, 3.05) is 6.54 Å². The van der Waals surface area contributed by atoms with E-state index in [4.69, 9.17) is 0 Å². The molecule has 0 atom stereocenters. The molecule has 0 amide bonds. The molecule has 1 aliphatic carbocycles. The van der Waals surface area contributed by atoms with Crippen LogP contribution in [-0.2, 0) is 13.0 Å². The Kier molecular flexibility index (Phi) is 3.66. The molecular formula is C14H20N4S. The standard InChI is InChI=1S/C14H20N4S/c1-10-14(5-6-16-12-3-4-12)11(2)18(17-10)8-13-7-15-9-19-13/h7,9,12,16H,3-6,8H2,1-2H3. The average Bonchev–Trinajstić information content (AvgIpc) is 3.00. The molecule has 0 radical (unpaired) electrons. The van der Waals surface area contributed by atoms with E-state index >= 15 is 0 Å². The maximum Gasteiger partial charge on any atom is 0.0794 e. The molecule has 4 nitrogen and oxygen atoms in total. The van der Waals surface area contributed by atoms with Gasteiger partial charge in [0.25, 0.3) is 0 Å². The van der Waals surface area contributed by atoms with Crippen LogP contribution in [0.3, 0.4) is 0 Å². The fourth-order valence-electron chi connectivity index (χ4n) is 2.41. The van der Waals surface area contributed by atoms with Crippen molar-refractivity contribution in [2.24, 2.45) is 0 Å². The number of hydrogen-bond donors (Lipinski definition) is 1. The van der Waals surface area contributed by atoms with Crippen LogP contribution in [0.5, 0.6) is 0 Å². The molecule has 2 aromatic rings. The Morgan fingerprint density at radius 2 is 2.26 bits per heavy atom. The molecule has 0 aliphatic heterocycles. The van der Waals surface area contributed by atoms with E-state index < -0.39 is 0 Å². The molecule has 2 heterocycles. The van der Waals surface area contributed by atoms with Crippen LogP contribution < -0.4 is 5.32 Å². The van der Waals surface area contributed by atoms with Crippen LogP contribution in [0.4, 0.5) is 0 Å². The van der Waals surface area contributed by atoms with Gasteiger partial charge in [-0.2, -0.15) is 5.10 Å². The zero-order valence-corrected chi connectivity index (χ0v) is 12.3. The van der Waals surface area contributed by atoms with E-state index in [1.807, 2.05) is 11.7 Å². The second-order valence-electron chi connectivity index (χ2n) is 5.25. The van der Waals surface area contributed by atoms with Crippen molar-refractivity contribution in [1.29, 1.82) is 0 Å². The predicted molar refractivity (Wildman–Crippen MR) is 77.6 cm³/mol. The van der Waals surface area contributed by atoms with Crippen LogP contribution in [0, 0.1) is 13.8 Å². The minimum atomic E-state index is 0.785. The quantitative estimate of drug-likeness (QED) is 0.880. The molecule has 0 bridgehead atoms. The van der Waals surface area contributed by atoms with Gasteiger partial charge in [0.1, 0.15) is 0 Å². The number of rotatable bonds is 6. The van der Waals surface area contributed by atoms with Gasteiger partial charge < -0.3 is 5.32 Å². The lowest BCUT2D eigenvalue weighted by Gasteiger charge is -2.05. The van der Waals surface area contributed by atoms with Crippen LogP contribution >= 0.6 is 11.3 Å². The molecule has 0 unspecified atom stereocenters. The molecule has 0 spiro atoms. The summed E-state index contributed by atoms with van der Waals surface area (Å²) in [5.41, 5.74) is 5.74. The molecule has 5 heteroatoms. The summed E-state index contributed by atoms with van der Waals surface area (Å²) in [6.45, 7) is 6.20. The SMILES string of the molecule is Cc1nn(Cc2cncs2)c(C)c1CCNC1CC1. The number of nitrogens with zero attached hydrogens (tertiary/aromatic N) is 3. The largest absolute Gasteiger partial charge is 0.314 e. The van der Waals surface area contributed by atoms with Gasteiger partial charge in [0.2, 0.25) is 0 Å². The molecule has 19 heavy (non-hydrogen) atoms. The third-order valence-corrected chi connectivity index (χ3v) is 4.47. The van der Waals surface area contributed by atoms with Gasteiger partial charge in [0.05, 0.1) is 17.7 Å². The molecule has 2 aromatic heterocycles. The summed E-state index contributed by atoms with van der Waals surface area (Å²) in [6.07, 6.45) is 5.71. The second kappa shape index (κ2) is 5.43. The van der Waals surface area contributed by atoms with Crippen LogP contribution in [0.25, 0.3) is 0 Å². The highest BCUT2D eigenvalue weighted by molar-refractivity contribution is 7.09. The summed E-state index contributed by atoms with van der Waals surface area (Å²) >= 11 is 1.69. The topological polar surface area (TPSA) is 42.7 Å². The third kappa shape index (κ3) is 3.04. The fraction of sp³-hybridized carbons (Fsp3) is 0.571. The molecule has 102 valence electrons. The minimum Gasteiger partial charge on any atom is -0.314 e. The summed E-state index contributed by atoms with van der Waals surface area (Å²) < 4.78 is 2.11. The van der Waals surface area contributed by atoms with E-state index in [0.717, 1.165) is 25.6 Å². The summed E-state index contributed by atoms with van der Waals surface area (Å²) in [5, 5.41) is 8.24. The minimum absolute atomic E-state index is 0.785. The van der Waals surface area contributed by atoms with Crippen LogP contribution in [0.1, 0.15) is 34.7 Å². The van der Waals surface area contributed by atoms with Gasteiger partial charge in [0, 0.05) is 22.8 Å². The normalized spacial score (nSPS) is 15.1. The van der Waals surface area contributed by atoms with Crippen molar-refractivity contribution in [3.05, 3.63) is 33.5 Å². The predicted octanol–water partition coefficient (Wildman–Crippen LogP) is 2.30. The Morgan fingerprint density at radius 3 is 2.95 bits per heavy atom. The van der Waals surface area contributed by atoms with Crippen molar-refractivity contribution in [3.8, 4) is 0 Å². The third-order valence-electron chi connectivity index (χ3n) is 3.71. The van der Waals surface area contributed by atoms with Gasteiger partial charge in [0.15, 0.2) is 0 Å². The summed E-state index contributed by atoms with van der Waals surface area (Å²) in [7, 11) is 0. The first-order valence-corrected chi connectivity index (χ1v) is 7.75. The summed E-state index contributed by atoms with van der Waals surface area (Å²) in [6, 6.07) is 0.785.